The molecule has 0 saturated heterocycles. The van der Waals surface area contributed by atoms with Crippen molar-refractivity contribution in [1.82, 2.24) is 4.72 Å². The summed E-state index contributed by atoms with van der Waals surface area (Å²) in [6, 6.07) is 3.88. The topological polar surface area (TPSA) is 136 Å². The van der Waals surface area contributed by atoms with E-state index in [0.717, 1.165) is 0 Å². The van der Waals surface area contributed by atoms with Crippen LogP contribution in [0, 0.1) is 10.1 Å². The smallest absolute Gasteiger partial charge is 0.324 e. The van der Waals surface area contributed by atoms with Crippen LogP contribution in [0.25, 0.3) is 0 Å². The van der Waals surface area contributed by atoms with Crippen molar-refractivity contribution >= 4 is 21.7 Å². The van der Waals surface area contributed by atoms with Crippen LogP contribution in [0.5, 0.6) is 0 Å². The summed E-state index contributed by atoms with van der Waals surface area (Å²) in [4.78, 5) is 21.0. The minimum atomic E-state index is -4.07. The van der Waals surface area contributed by atoms with E-state index in [4.69, 9.17) is 5.11 Å². The number of aliphatic carboxylic acids is 1. The number of sulfonamides is 1. The first-order valence-electron chi connectivity index (χ1n) is 5.71. The molecule has 1 aromatic carbocycles. The largest absolute Gasteiger partial charge is 0.480 e. The second kappa shape index (κ2) is 7.11. The Bertz CT molecular complexity index is 629. The van der Waals surface area contributed by atoms with Gasteiger partial charge in [0, 0.05) is 18.7 Å². The van der Waals surface area contributed by atoms with Gasteiger partial charge >= 0.3 is 5.97 Å². The number of para-hydroxylation sites is 1. The van der Waals surface area contributed by atoms with Gasteiger partial charge < -0.3 is 9.84 Å². The quantitative estimate of drug-likeness (QED) is 0.513. The first-order chi connectivity index (χ1) is 9.76. The molecule has 0 heterocycles. The number of methoxy groups -OCH3 is 1. The van der Waals surface area contributed by atoms with Gasteiger partial charge in [0.2, 0.25) is 10.0 Å². The summed E-state index contributed by atoms with van der Waals surface area (Å²) >= 11 is 0. The average molecular weight is 318 g/mol. The zero-order valence-corrected chi connectivity index (χ0v) is 11.9. The van der Waals surface area contributed by atoms with Crippen LogP contribution in [-0.2, 0) is 25.3 Å². The molecule has 0 amide bonds. The third-order valence-electron chi connectivity index (χ3n) is 2.49. The predicted molar refractivity (Wildman–Crippen MR) is 72.2 cm³/mol. The molecule has 0 fully saturated rings. The van der Waals surface area contributed by atoms with Crippen LogP contribution in [-0.4, -0.2) is 44.2 Å². The number of hydrogen-bond donors (Lipinski definition) is 2. The number of carboxylic acids is 1. The van der Waals surface area contributed by atoms with E-state index in [9.17, 15) is 23.3 Å². The van der Waals surface area contributed by atoms with Crippen LogP contribution >= 0.6 is 0 Å². The molecule has 0 aliphatic rings. The molecule has 1 atom stereocenters. The minimum Gasteiger partial charge on any atom is -0.480 e. The van der Waals surface area contributed by atoms with E-state index in [2.05, 4.69) is 4.74 Å². The molecule has 2 N–H and O–H groups in total. The van der Waals surface area contributed by atoms with E-state index in [1.165, 1.54) is 31.4 Å². The van der Waals surface area contributed by atoms with E-state index in [-0.39, 0.29) is 17.9 Å². The highest BCUT2D eigenvalue weighted by Crippen LogP contribution is 2.19. The normalized spacial score (nSPS) is 12.8. The molecule has 0 aromatic heterocycles. The van der Waals surface area contributed by atoms with Gasteiger partial charge in [-0.05, 0) is 0 Å². The van der Waals surface area contributed by atoms with Gasteiger partial charge in [0.25, 0.3) is 5.69 Å². The molecule has 1 rings (SSSR count). The number of nitro groups is 1. The Morgan fingerprint density at radius 2 is 2.10 bits per heavy atom. The SMILES string of the molecule is COCC(NS(=O)(=O)Cc1ccccc1[N+](=O)[O-])C(=O)O. The van der Waals surface area contributed by atoms with Crippen LogP contribution in [0.3, 0.4) is 0 Å². The van der Waals surface area contributed by atoms with Crippen molar-refractivity contribution < 1.29 is 28.0 Å². The molecule has 21 heavy (non-hydrogen) atoms. The van der Waals surface area contributed by atoms with Crippen molar-refractivity contribution in [2.75, 3.05) is 13.7 Å². The van der Waals surface area contributed by atoms with E-state index in [0.29, 0.717) is 0 Å². The summed E-state index contributed by atoms with van der Waals surface area (Å²) in [6.07, 6.45) is 0. The fourth-order valence-corrected chi connectivity index (χ4v) is 2.94. The van der Waals surface area contributed by atoms with E-state index < -0.39 is 32.7 Å². The highest BCUT2D eigenvalue weighted by molar-refractivity contribution is 7.88. The summed E-state index contributed by atoms with van der Waals surface area (Å²) in [6.45, 7) is -0.356. The molecule has 1 aromatic rings. The lowest BCUT2D eigenvalue weighted by Crippen LogP contribution is -2.44. The monoisotopic (exact) mass is 318 g/mol. The molecular weight excluding hydrogens is 304 g/mol. The Hall–Kier alpha value is -2.04. The highest BCUT2D eigenvalue weighted by atomic mass is 32.2. The number of rotatable bonds is 8. The van der Waals surface area contributed by atoms with Crippen molar-refractivity contribution in [2.24, 2.45) is 0 Å². The van der Waals surface area contributed by atoms with E-state index >= 15 is 0 Å². The Kier molecular flexibility index (Phi) is 5.76. The maximum absolute atomic E-state index is 11.9. The molecule has 0 radical (unpaired) electrons. The van der Waals surface area contributed by atoms with Gasteiger partial charge in [-0.2, -0.15) is 4.72 Å². The maximum Gasteiger partial charge on any atom is 0.324 e. The van der Waals surface area contributed by atoms with Gasteiger partial charge in [-0.1, -0.05) is 18.2 Å². The molecule has 0 spiro atoms. The van der Waals surface area contributed by atoms with Gasteiger partial charge in [0.15, 0.2) is 0 Å². The molecule has 116 valence electrons. The standard InChI is InChI=1S/C11H14N2O7S/c1-20-6-9(11(14)15)12-21(18,19)7-8-4-2-3-5-10(8)13(16)17/h2-5,9,12H,6-7H2,1H3,(H,14,15). The van der Waals surface area contributed by atoms with E-state index in [1.54, 1.807) is 0 Å². The zero-order valence-electron chi connectivity index (χ0n) is 11.1. The number of nitro benzene ring substituents is 1. The Labute approximate surface area is 120 Å². The van der Waals surface area contributed by atoms with Gasteiger partial charge in [0.1, 0.15) is 6.04 Å². The van der Waals surface area contributed by atoms with Crippen molar-refractivity contribution in [3.63, 3.8) is 0 Å². The second-order valence-corrected chi connectivity index (χ2v) is 5.86. The Balaban J connectivity index is 2.95. The van der Waals surface area contributed by atoms with Crippen LogP contribution in [0.4, 0.5) is 5.69 Å². The Morgan fingerprint density at radius 3 is 2.62 bits per heavy atom. The number of nitrogens with one attached hydrogen (secondary N) is 1. The number of carbonyl (C=O) groups is 1. The molecule has 10 heteroatoms. The fraction of sp³-hybridized carbons (Fsp3) is 0.364. The van der Waals surface area contributed by atoms with E-state index in [1.807, 2.05) is 4.72 Å². The molecule has 0 saturated carbocycles. The first kappa shape index (κ1) is 17.0. The van der Waals surface area contributed by atoms with Gasteiger partial charge in [0.05, 0.1) is 17.3 Å². The molecular formula is C11H14N2O7S. The first-order valence-corrected chi connectivity index (χ1v) is 7.36. The van der Waals surface area contributed by atoms with Crippen LogP contribution < -0.4 is 4.72 Å². The third-order valence-corrected chi connectivity index (χ3v) is 3.82. The van der Waals surface area contributed by atoms with Crippen LogP contribution in [0.15, 0.2) is 24.3 Å². The molecule has 0 aliphatic carbocycles. The number of nitrogens with zero attached hydrogens (tertiary/aromatic N) is 1. The minimum absolute atomic E-state index is 0.0310. The number of benzene rings is 1. The highest BCUT2D eigenvalue weighted by Gasteiger charge is 2.26. The lowest BCUT2D eigenvalue weighted by Gasteiger charge is -2.13. The number of hydrogen-bond acceptors (Lipinski definition) is 6. The fourth-order valence-electron chi connectivity index (χ4n) is 1.60. The van der Waals surface area contributed by atoms with Gasteiger partial charge in [-0.15, -0.1) is 0 Å². The Morgan fingerprint density at radius 1 is 1.48 bits per heavy atom. The summed E-state index contributed by atoms with van der Waals surface area (Å²) in [5, 5.41) is 19.7. The van der Waals surface area contributed by atoms with Crippen molar-refractivity contribution in [1.29, 1.82) is 0 Å². The molecule has 9 nitrogen and oxygen atoms in total. The summed E-state index contributed by atoms with van der Waals surface area (Å²) in [5.41, 5.74) is -0.377. The summed E-state index contributed by atoms with van der Waals surface area (Å²) < 4.78 is 30.4. The average Bonchev–Trinajstić information content (AvgIpc) is 2.37. The van der Waals surface area contributed by atoms with Crippen molar-refractivity contribution in [2.45, 2.75) is 11.8 Å². The maximum atomic E-state index is 11.9. The second-order valence-electron chi connectivity index (χ2n) is 4.11. The molecule has 1 unspecified atom stereocenters. The van der Waals surface area contributed by atoms with Crippen LogP contribution in [0.2, 0.25) is 0 Å². The van der Waals surface area contributed by atoms with Crippen molar-refractivity contribution in [3.05, 3.63) is 39.9 Å². The predicted octanol–water partition coefficient (Wildman–Crippen LogP) is 0.114. The summed E-state index contributed by atoms with van der Waals surface area (Å²) in [7, 11) is -2.84. The third kappa shape index (κ3) is 5.10. The van der Waals surface area contributed by atoms with Gasteiger partial charge in [-0.3, -0.25) is 14.9 Å². The summed E-state index contributed by atoms with van der Waals surface area (Å²) in [5.74, 6) is -2.10. The van der Waals surface area contributed by atoms with Gasteiger partial charge in [-0.25, -0.2) is 8.42 Å². The zero-order chi connectivity index (χ0) is 16.0. The lowest BCUT2D eigenvalue weighted by atomic mass is 10.2. The van der Waals surface area contributed by atoms with Crippen molar-refractivity contribution in [3.8, 4) is 0 Å². The lowest BCUT2D eigenvalue weighted by molar-refractivity contribution is -0.385. The number of ether oxygens (including phenoxy) is 1. The molecule has 0 bridgehead atoms. The molecule has 0 aliphatic heterocycles. The van der Waals surface area contributed by atoms with Crippen LogP contribution in [0.1, 0.15) is 5.56 Å². The number of carboxylic acid groups (broad SMARTS) is 1.